The van der Waals surface area contributed by atoms with Crippen molar-refractivity contribution in [1.82, 2.24) is 14.7 Å². The molecule has 0 bridgehead atoms. The van der Waals surface area contributed by atoms with Crippen LogP contribution in [0, 0.1) is 5.92 Å². The van der Waals surface area contributed by atoms with Crippen molar-refractivity contribution in [3.63, 3.8) is 0 Å². The summed E-state index contributed by atoms with van der Waals surface area (Å²) in [6, 6.07) is 9.60. The highest BCUT2D eigenvalue weighted by atomic mass is 19.4. The fraction of sp³-hybridized carbons (Fsp3) is 0.318. The number of halogens is 3. The number of hydrogen-bond acceptors (Lipinski definition) is 4. The number of hydrogen-bond donors (Lipinski definition) is 2. The van der Waals surface area contributed by atoms with Crippen LogP contribution in [0.1, 0.15) is 24.8 Å². The van der Waals surface area contributed by atoms with E-state index in [1.807, 2.05) is 28.8 Å². The lowest BCUT2D eigenvalue weighted by Gasteiger charge is -2.23. The highest BCUT2D eigenvalue weighted by molar-refractivity contribution is 5.90. The van der Waals surface area contributed by atoms with E-state index in [1.54, 1.807) is 35.9 Å². The Kier molecular flexibility index (Phi) is 6.29. The minimum atomic E-state index is -4.47. The third-order valence-corrected chi connectivity index (χ3v) is 5.21. The number of urea groups is 1. The molecule has 32 heavy (non-hydrogen) atoms. The molecule has 1 aromatic carbocycles. The number of nitrogens with zero attached hydrogens (tertiary/aromatic N) is 3. The predicted molar refractivity (Wildman–Crippen MR) is 115 cm³/mol. The number of oxime groups is 1. The molecule has 4 rings (SSSR count). The van der Waals surface area contributed by atoms with Gasteiger partial charge in [0, 0.05) is 23.0 Å². The van der Waals surface area contributed by atoms with Crippen molar-refractivity contribution in [2.45, 2.75) is 25.4 Å². The first-order valence-electron chi connectivity index (χ1n) is 10.2. The fourth-order valence-electron chi connectivity index (χ4n) is 3.31. The Hall–Kier alpha value is -3.56. The van der Waals surface area contributed by atoms with E-state index in [0.29, 0.717) is 23.9 Å². The molecular weight excluding hydrogens is 423 g/mol. The SMILES string of the molecule is O=C(NCC(F)(F)F)Nc1cccc(-c2cnc3cc(/C=N/OCC4CCC4)ccn23)c1. The van der Waals surface area contributed by atoms with Crippen LogP contribution in [-0.4, -0.2) is 41.0 Å². The van der Waals surface area contributed by atoms with Gasteiger partial charge in [0.25, 0.3) is 0 Å². The van der Waals surface area contributed by atoms with Gasteiger partial charge in [-0.05, 0) is 43.0 Å². The second-order valence-electron chi connectivity index (χ2n) is 7.66. The van der Waals surface area contributed by atoms with Crippen molar-refractivity contribution in [3.05, 3.63) is 54.4 Å². The molecule has 0 saturated heterocycles. The molecule has 2 amide bonds. The van der Waals surface area contributed by atoms with Crippen molar-refractivity contribution in [3.8, 4) is 11.3 Å². The average molecular weight is 445 g/mol. The van der Waals surface area contributed by atoms with Gasteiger partial charge < -0.3 is 15.5 Å². The Morgan fingerprint density at radius 1 is 1.28 bits per heavy atom. The Morgan fingerprint density at radius 3 is 2.88 bits per heavy atom. The van der Waals surface area contributed by atoms with Gasteiger partial charge in [-0.1, -0.05) is 23.7 Å². The van der Waals surface area contributed by atoms with Crippen LogP contribution in [0.25, 0.3) is 16.9 Å². The number of benzene rings is 1. The van der Waals surface area contributed by atoms with Crippen LogP contribution in [0.4, 0.5) is 23.7 Å². The molecule has 0 aliphatic heterocycles. The van der Waals surface area contributed by atoms with Gasteiger partial charge in [0.05, 0.1) is 18.1 Å². The number of fused-ring (bicyclic) bond motifs is 1. The molecule has 168 valence electrons. The largest absolute Gasteiger partial charge is 0.405 e. The first-order chi connectivity index (χ1) is 15.4. The quantitative estimate of drug-likeness (QED) is 0.404. The minimum Gasteiger partial charge on any atom is -0.396 e. The summed E-state index contributed by atoms with van der Waals surface area (Å²) in [5.41, 5.74) is 3.43. The molecule has 1 saturated carbocycles. The maximum Gasteiger partial charge on any atom is 0.405 e. The smallest absolute Gasteiger partial charge is 0.396 e. The lowest BCUT2D eigenvalue weighted by molar-refractivity contribution is -0.122. The van der Waals surface area contributed by atoms with Crippen LogP contribution < -0.4 is 10.6 Å². The summed E-state index contributed by atoms with van der Waals surface area (Å²) in [6.07, 6.45) is 4.38. The molecule has 0 unspecified atom stereocenters. The summed E-state index contributed by atoms with van der Waals surface area (Å²) >= 11 is 0. The summed E-state index contributed by atoms with van der Waals surface area (Å²) in [5, 5.41) is 8.21. The molecule has 0 radical (unpaired) electrons. The molecule has 2 aromatic heterocycles. The molecule has 7 nitrogen and oxygen atoms in total. The average Bonchev–Trinajstić information content (AvgIpc) is 3.14. The number of carbonyl (C=O) groups excluding carboxylic acids is 1. The van der Waals surface area contributed by atoms with Gasteiger partial charge in [0.2, 0.25) is 0 Å². The topological polar surface area (TPSA) is 80.0 Å². The normalized spacial score (nSPS) is 14.5. The molecule has 2 N–H and O–H groups in total. The van der Waals surface area contributed by atoms with E-state index in [-0.39, 0.29) is 0 Å². The summed E-state index contributed by atoms with van der Waals surface area (Å²) in [7, 11) is 0. The third kappa shape index (κ3) is 5.57. The molecule has 1 aliphatic rings. The van der Waals surface area contributed by atoms with Crippen molar-refractivity contribution in [1.29, 1.82) is 0 Å². The lowest BCUT2D eigenvalue weighted by Crippen LogP contribution is -2.36. The molecule has 1 fully saturated rings. The van der Waals surface area contributed by atoms with E-state index in [9.17, 15) is 18.0 Å². The Balaban J connectivity index is 1.43. The number of alkyl halides is 3. The summed E-state index contributed by atoms with van der Waals surface area (Å²) < 4.78 is 38.6. The van der Waals surface area contributed by atoms with Crippen LogP contribution in [0.5, 0.6) is 0 Å². The highest BCUT2D eigenvalue weighted by Crippen LogP contribution is 2.26. The van der Waals surface area contributed by atoms with E-state index in [2.05, 4.69) is 15.5 Å². The van der Waals surface area contributed by atoms with Gasteiger partial charge in [-0.2, -0.15) is 13.2 Å². The molecule has 2 heterocycles. The molecule has 10 heteroatoms. The zero-order valence-corrected chi connectivity index (χ0v) is 17.1. The second-order valence-corrected chi connectivity index (χ2v) is 7.66. The molecular formula is C22H22F3N5O2. The van der Waals surface area contributed by atoms with E-state index < -0.39 is 18.8 Å². The number of nitrogens with one attached hydrogen (secondary N) is 2. The van der Waals surface area contributed by atoms with Crippen molar-refractivity contribution < 1.29 is 22.8 Å². The number of aromatic nitrogens is 2. The number of amides is 2. The zero-order valence-electron chi connectivity index (χ0n) is 17.1. The Morgan fingerprint density at radius 2 is 2.12 bits per heavy atom. The van der Waals surface area contributed by atoms with E-state index in [4.69, 9.17) is 4.84 Å². The van der Waals surface area contributed by atoms with Gasteiger partial charge >= 0.3 is 12.2 Å². The van der Waals surface area contributed by atoms with Gasteiger partial charge in [-0.25, -0.2) is 9.78 Å². The van der Waals surface area contributed by atoms with E-state index in [0.717, 1.165) is 16.8 Å². The predicted octanol–water partition coefficient (Wildman–Crippen LogP) is 4.84. The lowest BCUT2D eigenvalue weighted by atomic mass is 9.86. The monoisotopic (exact) mass is 445 g/mol. The van der Waals surface area contributed by atoms with E-state index in [1.165, 1.54) is 19.3 Å². The number of imidazole rings is 1. The van der Waals surface area contributed by atoms with Crippen LogP contribution in [0.3, 0.4) is 0 Å². The first kappa shape index (κ1) is 21.7. The molecule has 0 spiro atoms. The Labute approximate surface area is 182 Å². The first-order valence-corrected chi connectivity index (χ1v) is 10.2. The zero-order chi connectivity index (χ0) is 22.6. The van der Waals surface area contributed by atoms with Crippen LogP contribution >= 0.6 is 0 Å². The fourth-order valence-corrected chi connectivity index (χ4v) is 3.31. The Bertz CT molecular complexity index is 1120. The molecule has 3 aromatic rings. The summed E-state index contributed by atoms with van der Waals surface area (Å²) in [4.78, 5) is 21.5. The maximum atomic E-state index is 12.3. The second kappa shape index (κ2) is 9.29. The van der Waals surface area contributed by atoms with Crippen molar-refractivity contribution in [2.75, 3.05) is 18.5 Å². The molecule has 0 atom stereocenters. The number of rotatable bonds is 7. The van der Waals surface area contributed by atoms with Gasteiger partial charge in [-0.15, -0.1) is 0 Å². The molecule has 1 aliphatic carbocycles. The van der Waals surface area contributed by atoms with Crippen molar-refractivity contribution in [2.24, 2.45) is 11.1 Å². The minimum absolute atomic E-state index is 0.365. The maximum absolute atomic E-state index is 12.3. The summed E-state index contributed by atoms with van der Waals surface area (Å²) in [5.74, 6) is 0.616. The van der Waals surface area contributed by atoms with Crippen LogP contribution in [0.15, 0.2) is 53.9 Å². The summed E-state index contributed by atoms with van der Waals surface area (Å²) in [6.45, 7) is -0.756. The highest BCUT2D eigenvalue weighted by Gasteiger charge is 2.27. The third-order valence-electron chi connectivity index (χ3n) is 5.21. The van der Waals surface area contributed by atoms with Gasteiger partial charge in [-0.3, -0.25) is 4.40 Å². The van der Waals surface area contributed by atoms with Crippen LogP contribution in [0.2, 0.25) is 0 Å². The van der Waals surface area contributed by atoms with E-state index >= 15 is 0 Å². The standard InChI is InChI=1S/C22H22F3N5O2/c23-22(24,25)14-27-21(31)29-18-6-2-5-17(10-18)19-12-26-20-9-16(7-8-30(19)20)11-28-32-13-15-3-1-4-15/h2,5-12,15H,1,3-4,13-14H2,(H2,27,29,31)/b28-11+. The van der Waals surface area contributed by atoms with Crippen LogP contribution in [-0.2, 0) is 4.84 Å². The number of carbonyl (C=O) groups is 1. The number of pyridine rings is 1. The van der Waals surface area contributed by atoms with Gasteiger partial charge in [0.15, 0.2) is 0 Å². The number of anilines is 1. The van der Waals surface area contributed by atoms with Crippen molar-refractivity contribution >= 4 is 23.6 Å². The van der Waals surface area contributed by atoms with Gasteiger partial charge in [0.1, 0.15) is 18.8 Å².